The summed E-state index contributed by atoms with van der Waals surface area (Å²) in [6.45, 7) is 1.78. The molecule has 0 saturated carbocycles. The van der Waals surface area contributed by atoms with Gasteiger partial charge >= 0.3 is 11.1 Å². The van der Waals surface area contributed by atoms with Crippen molar-refractivity contribution in [3.8, 4) is 11.3 Å². The lowest BCUT2D eigenvalue weighted by Crippen LogP contribution is -2.29. The first-order valence-electron chi connectivity index (χ1n) is 8.49. The molecular formula is C19H13ClFN3O5S. The molecular weight excluding hydrogens is 437 g/mol. The van der Waals surface area contributed by atoms with Crippen molar-refractivity contribution in [1.29, 1.82) is 0 Å². The molecule has 4 rings (SSSR count). The molecule has 2 aromatic heterocycles. The molecule has 0 atom stereocenters. The van der Waals surface area contributed by atoms with Gasteiger partial charge in [0.1, 0.15) is 22.2 Å². The van der Waals surface area contributed by atoms with E-state index < -0.39 is 31.9 Å². The molecule has 2 aromatic carbocycles. The van der Waals surface area contributed by atoms with E-state index in [-0.39, 0.29) is 21.7 Å². The van der Waals surface area contributed by atoms with Crippen LogP contribution in [0.4, 0.5) is 10.1 Å². The fraction of sp³-hybridized carbons (Fsp3) is 0.0526. The van der Waals surface area contributed by atoms with E-state index in [2.05, 4.69) is 14.7 Å². The quantitative estimate of drug-likeness (QED) is 0.412. The summed E-state index contributed by atoms with van der Waals surface area (Å²) in [5, 5.41) is 0.227. The van der Waals surface area contributed by atoms with Gasteiger partial charge in [0.15, 0.2) is 0 Å². The number of halogens is 2. The van der Waals surface area contributed by atoms with Gasteiger partial charge in [-0.05, 0) is 43.3 Å². The minimum absolute atomic E-state index is 0.0389. The molecule has 154 valence electrons. The summed E-state index contributed by atoms with van der Waals surface area (Å²) < 4.78 is 47.6. The third-order valence-corrected chi connectivity index (χ3v) is 6.00. The number of anilines is 1. The highest BCUT2D eigenvalue weighted by Crippen LogP contribution is 2.32. The van der Waals surface area contributed by atoms with E-state index in [1.165, 1.54) is 12.1 Å². The van der Waals surface area contributed by atoms with Crippen molar-refractivity contribution < 1.29 is 17.2 Å². The van der Waals surface area contributed by atoms with E-state index in [4.69, 9.17) is 16.0 Å². The zero-order valence-corrected chi connectivity index (χ0v) is 16.8. The topological polar surface area (TPSA) is 125 Å². The van der Waals surface area contributed by atoms with Crippen LogP contribution in [-0.4, -0.2) is 18.4 Å². The maximum Gasteiger partial charge on any atom is 0.314 e. The van der Waals surface area contributed by atoms with E-state index in [0.717, 1.165) is 12.1 Å². The second kappa shape index (κ2) is 7.15. The van der Waals surface area contributed by atoms with Crippen LogP contribution in [0.5, 0.6) is 0 Å². The largest absolute Gasteiger partial charge is 0.461 e. The number of sulfonamides is 1. The molecule has 30 heavy (non-hydrogen) atoms. The zero-order valence-electron chi connectivity index (χ0n) is 15.2. The van der Waals surface area contributed by atoms with E-state index in [9.17, 15) is 22.4 Å². The maximum absolute atomic E-state index is 14.4. The van der Waals surface area contributed by atoms with Gasteiger partial charge < -0.3 is 14.4 Å². The van der Waals surface area contributed by atoms with Gasteiger partial charge in [-0.25, -0.2) is 12.8 Å². The van der Waals surface area contributed by atoms with Gasteiger partial charge in [0.2, 0.25) is 0 Å². The number of aromatic amines is 2. The summed E-state index contributed by atoms with van der Waals surface area (Å²) >= 11 is 6.25. The lowest BCUT2D eigenvalue weighted by molar-refractivity contribution is 0.548. The van der Waals surface area contributed by atoms with Crippen molar-refractivity contribution in [2.75, 3.05) is 4.72 Å². The Balaban J connectivity index is 1.72. The molecule has 0 aliphatic heterocycles. The Morgan fingerprint density at radius 1 is 1.00 bits per heavy atom. The minimum atomic E-state index is -4.37. The Morgan fingerprint density at radius 2 is 1.67 bits per heavy atom. The van der Waals surface area contributed by atoms with Gasteiger partial charge in [-0.2, -0.15) is 0 Å². The van der Waals surface area contributed by atoms with Crippen molar-refractivity contribution in [3.05, 3.63) is 79.8 Å². The molecule has 11 heteroatoms. The molecule has 3 N–H and O–H groups in total. The van der Waals surface area contributed by atoms with Crippen molar-refractivity contribution >= 4 is 38.3 Å². The van der Waals surface area contributed by atoms with Gasteiger partial charge in [-0.3, -0.25) is 14.3 Å². The molecule has 0 fully saturated rings. The Labute approximate surface area is 173 Å². The first-order valence-corrected chi connectivity index (χ1v) is 10.4. The van der Waals surface area contributed by atoms with Crippen LogP contribution >= 0.6 is 11.6 Å². The SMILES string of the molecule is Cc1ccc(-c2ccc(NS(=O)(=O)c3cc4[nH]c(=O)c(=O)[nH]c4cc3F)cc2Cl)o1. The number of hydrogen-bond donors (Lipinski definition) is 3. The lowest BCUT2D eigenvalue weighted by Gasteiger charge is -2.11. The van der Waals surface area contributed by atoms with Gasteiger partial charge in [0.05, 0.1) is 21.7 Å². The number of furan rings is 1. The highest BCUT2D eigenvalue weighted by Gasteiger charge is 2.21. The van der Waals surface area contributed by atoms with E-state index in [0.29, 0.717) is 17.1 Å². The van der Waals surface area contributed by atoms with Crippen molar-refractivity contribution in [3.63, 3.8) is 0 Å². The molecule has 0 amide bonds. The minimum Gasteiger partial charge on any atom is -0.461 e. The van der Waals surface area contributed by atoms with Crippen LogP contribution in [0.1, 0.15) is 5.76 Å². The third-order valence-electron chi connectivity index (χ3n) is 4.29. The molecule has 0 aliphatic rings. The lowest BCUT2D eigenvalue weighted by atomic mass is 10.1. The van der Waals surface area contributed by atoms with Crippen molar-refractivity contribution in [2.45, 2.75) is 11.8 Å². The fourth-order valence-corrected chi connectivity index (χ4v) is 4.30. The monoisotopic (exact) mass is 449 g/mol. The Bertz CT molecular complexity index is 1520. The first-order chi connectivity index (χ1) is 14.1. The number of fused-ring (bicyclic) bond motifs is 1. The summed E-state index contributed by atoms with van der Waals surface area (Å²) in [6, 6.07) is 9.62. The molecule has 0 unspecified atom stereocenters. The number of benzene rings is 2. The number of H-pyrrole nitrogens is 2. The molecule has 4 aromatic rings. The number of rotatable bonds is 4. The Hall–Kier alpha value is -3.37. The van der Waals surface area contributed by atoms with E-state index >= 15 is 0 Å². The van der Waals surface area contributed by atoms with Crippen LogP contribution in [0.15, 0.2) is 61.4 Å². The molecule has 0 radical (unpaired) electrons. The number of aryl methyl sites for hydroxylation is 1. The van der Waals surface area contributed by atoms with Crippen LogP contribution < -0.4 is 15.8 Å². The average molecular weight is 450 g/mol. The predicted molar refractivity (Wildman–Crippen MR) is 110 cm³/mol. The summed E-state index contributed by atoms with van der Waals surface area (Å²) in [6.07, 6.45) is 0. The van der Waals surface area contributed by atoms with Gasteiger partial charge in [0, 0.05) is 11.6 Å². The molecule has 8 nitrogen and oxygen atoms in total. The second-order valence-corrected chi connectivity index (χ2v) is 8.50. The standard InChI is InChI=1S/C19H13ClFN3O5S/c1-9-2-5-16(29-9)11-4-3-10(6-12(11)20)24-30(27,28)17-8-15-14(7-13(17)21)22-18(25)19(26)23-15/h2-8,24H,1H3,(H,22,25)(H,23,26). The highest BCUT2D eigenvalue weighted by molar-refractivity contribution is 7.92. The van der Waals surface area contributed by atoms with E-state index in [1.54, 1.807) is 25.1 Å². The van der Waals surface area contributed by atoms with Crippen LogP contribution in [0, 0.1) is 12.7 Å². The summed E-state index contributed by atoms with van der Waals surface area (Å²) in [7, 11) is -4.37. The smallest absolute Gasteiger partial charge is 0.314 e. The van der Waals surface area contributed by atoms with Gasteiger partial charge in [0.25, 0.3) is 10.0 Å². The molecule has 0 saturated heterocycles. The van der Waals surface area contributed by atoms with Gasteiger partial charge in [-0.15, -0.1) is 0 Å². The second-order valence-electron chi connectivity index (χ2n) is 6.45. The summed E-state index contributed by atoms with van der Waals surface area (Å²) in [4.78, 5) is 26.5. The normalized spacial score (nSPS) is 11.7. The molecule has 0 bridgehead atoms. The Kier molecular flexibility index (Phi) is 4.75. The number of aromatic nitrogens is 2. The zero-order chi connectivity index (χ0) is 21.6. The van der Waals surface area contributed by atoms with E-state index in [1.807, 2.05) is 0 Å². The maximum atomic E-state index is 14.4. The van der Waals surface area contributed by atoms with Crippen LogP contribution in [0.25, 0.3) is 22.4 Å². The first kappa shape index (κ1) is 19.9. The number of nitrogens with one attached hydrogen (secondary N) is 3. The van der Waals surface area contributed by atoms with Crippen molar-refractivity contribution in [2.24, 2.45) is 0 Å². The van der Waals surface area contributed by atoms with Crippen LogP contribution in [0.3, 0.4) is 0 Å². The number of hydrogen-bond acceptors (Lipinski definition) is 5. The molecule has 0 spiro atoms. The van der Waals surface area contributed by atoms with Crippen LogP contribution in [-0.2, 0) is 10.0 Å². The average Bonchev–Trinajstić information content (AvgIpc) is 3.08. The summed E-state index contributed by atoms with van der Waals surface area (Å²) in [5.74, 6) is 0.105. The summed E-state index contributed by atoms with van der Waals surface area (Å²) in [5.41, 5.74) is -1.38. The molecule has 0 aliphatic carbocycles. The van der Waals surface area contributed by atoms with Gasteiger partial charge in [-0.1, -0.05) is 11.6 Å². The Morgan fingerprint density at radius 3 is 2.27 bits per heavy atom. The predicted octanol–water partition coefficient (Wildman–Crippen LogP) is 3.38. The van der Waals surface area contributed by atoms with Crippen LogP contribution in [0.2, 0.25) is 5.02 Å². The van der Waals surface area contributed by atoms with Crippen molar-refractivity contribution in [1.82, 2.24) is 9.97 Å². The highest BCUT2D eigenvalue weighted by atomic mass is 35.5. The molecule has 2 heterocycles. The fourth-order valence-electron chi connectivity index (χ4n) is 2.89. The third kappa shape index (κ3) is 3.62.